The molecule has 0 saturated heterocycles. The fraction of sp³-hybridized carbons (Fsp3) is 0.435. The van der Waals surface area contributed by atoms with E-state index in [2.05, 4.69) is 0 Å². The van der Waals surface area contributed by atoms with Crippen molar-refractivity contribution >= 4 is 11.9 Å². The van der Waals surface area contributed by atoms with Gasteiger partial charge in [0.1, 0.15) is 23.8 Å². The van der Waals surface area contributed by atoms with Gasteiger partial charge in [-0.2, -0.15) is 5.26 Å². The van der Waals surface area contributed by atoms with E-state index in [1.807, 2.05) is 19.9 Å². The third-order valence-electron chi connectivity index (χ3n) is 4.49. The monoisotopic (exact) mass is 444 g/mol. The van der Waals surface area contributed by atoms with E-state index in [0.717, 1.165) is 0 Å². The summed E-state index contributed by atoms with van der Waals surface area (Å²) in [7, 11) is 1.49. The minimum Gasteiger partial charge on any atom is -0.493 e. The van der Waals surface area contributed by atoms with E-state index in [0.29, 0.717) is 17.1 Å². The molecule has 0 aromatic heterocycles. The SMILES string of the molecule is CCOC(=O)CC1=C(C(=O)OCC)C(c2ccc(OC(C)C)c(OC)c2)C(C#N)=C(N)O1. The number of nitrogens with zero attached hydrogens (tertiary/aromatic N) is 1. The molecular formula is C23H28N2O7. The fourth-order valence-corrected chi connectivity index (χ4v) is 3.27. The van der Waals surface area contributed by atoms with Crippen molar-refractivity contribution < 1.29 is 33.3 Å². The molecule has 1 atom stereocenters. The number of rotatable bonds is 9. The molecule has 0 aliphatic carbocycles. The minimum absolute atomic E-state index is 0.00485. The van der Waals surface area contributed by atoms with E-state index in [4.69, 9.17) is 29.4 Å². The first-order valence-corrected chi connectivity index (χ1v) is 10.2. The maximum absolute atomic E-state index is 12.9. The zero-order chi connectivity index (χ0) is 23.8. The number of carbonyl (C=O) groups excluding carboxylic acids is 2. The molecule has 0 amide bonds. The van der Waals surface area contributed by atoms with Crippen molar-refractivity contribution in [2.45, 2.75) is 46.1 Å². The maximum Gasteiger partial charge on any atom is 0.338 e. The second-order valence-corrected chi connectivity index (χ2v) is 7.04. The van der Waals surface area contributed by atoms with Crippen molar-refractivity contribution in [3.8, 4) is 17.6 Å². The van der Waals surface area contributed by atoms with Gasteiger partial charge in [0.05, 0.1) is 37.9 Å². The normalized spacial score (nSPS) is 15.7. The molecule has 1 aromatic carbocycles. The molecule has 0 fully saturated rings. The molecule has 9 heteroatoms. The topological polar surface area (TPSA) is 130 Å². The van der Waals surface area contributed by atoms with Crippen molar-refractivity contribution in [1.29, 1.82) is 5.26 Å². The first-order chi connectivity index (χ1) is 15.3. The van der Waals surface area contributed by atoms with E-state index in [1.165, 1.54) is 7.11 Å². The van der Waals surface area contributed by atoms with Crippen LogP contribution in [0.5, 0.6) is 11.5 Å². The summed E-state index contributed by atoms with van der Waals surface area (Å²) in [5.41, 5.74) is 6.54. The zero-order valence-corrected chi connectivity index (χ0v) is 18.9. The standard InChI is InChI=1S/C23H28N2O7/c1-6-29-19(26)11-18-21(23(27)30-7-2)20(15(12-24)22(25)32-18)14-8-9-16(31-13(3)4)17(10-14)28-5/h8-10,13,20H,6-7,11,25H2,1-5H3. The molecule has 172 valence electrons. The lowest BCUT2D eigenvalue weighted by atomic mass is 9.82. The Morgan fingerprint density at radius 1 is 1.19 bits per heavy atom. The second kappa shape index (κ2) is 11.1. The van der Waals surface area contributed by atoms with E-state index >= 15 is 0 Å². The lowest BCUT2D eigenvalue weighted by Gasteiger charge is -2.28. The smallest absolute Gasteiger partial charge is 0.338 e. The van der Waals surface area contributed by atoms with Gasteiger partial charge in [-0.25, -0.2) is 4.79 Å². The van der Waals surface area contributed by atoms with Crippen molar-refractivity contribution in [2.24, 2.45) is 5.73 Å². The molecule has 1 aliphatic rings. The largest absolute Gasteiger partial charge is 0.493 e. The zero-order valence-electron chi connectivity index (χ0n) is 18.9. The summed E-state index contributed by atoms with van der Waals surface area (Å²) >= 11 is 0. The molecule has 0 spiro atoms. The molecule has 9 nitrogen and oxygen atoms in total. The van der Waals surface area contributed by atoms with Crippen LogP contribution in [0.4, 0.5) is 0 Å². The average Bonchev–Trinajstić information content (AvgIpc) is 2.73. The van der Waals surface area contributed by atoms with Crippen molar-refractivity contribution in [2.75, 3.05) is 20.3 Å². The Hall–Kier alpha value is -3.67. The van der Waals surface area contributed by atoms with Crippen LogP contribution >= 0.6 is 0 Å². The van der Waals surface area contributed by atoms with Gasteiger partial charge in [0.15, 0.2) is 11.5 Å². The maximum atomic E-state index is 12.9. The fourth-order valence-electron chi connectivity index (χ4n) is 3.27. The predicted octanol–water partition coefficient (Wildman–Crippen LogP) is 3.06. The molecule has 2 N–H and O–H groups in total. The highest BCUT2D eigenvalue weighted by atomic mass is 16.5. The van der Waals surface area contributed by atoms with Gasteiger partial charge in [-0.05, 0) is 45.4 Å². The summed E-state index contributed by atoms with van der Waals surface area (Å²) in [5.74, 6) is -1.57. The van der Waals surface area contributed by atoms with E-state index in [-0.39, 0.29) is 48.5 Å². The third-order valence-corrected chi connectivity index (χ3v) is 4.49. The first-order valence-electron chi connectivity index (χ1n) is 10.2. The van der Waals surface area contributed by atoms with Gasteiger partial charge in [-0.1, -0.05) is 6.07 Å². The number of nitrogens with two attached hydrogens (primary N) is 1. The van der Waals surface area contributed by atoms with Gasteiger partial charge in [0, 0.05) is 0 Å². The molecule has 32 heavy (non-hydrogen) atoms. The van der Waals surface area contributed by atoms with Crippen LogP contribution in [0.1, 0.15) is 45.6 Å². The highest BCUT2D eigenvalue weighted by Gasteiger charge is 2.38. The molecular weight excluding hydrogens is 416 g/mol. The Bertz CT molecular complexity index is 973. The van der Waals surface area contributed by atoms with Crippen molar-refractivity contribution in [3.05, 3.63) is 46.6 Å². The summed E-state index contributed by atoms with van der Waals surface area (Å²) < 4.78 is 26.9. The van der Waals surface area contributed by atoms with Gasteiger partial charge in [-0.15, -0.1) is 0 Å². The predicted molar refractivity (Wildman–Crippen MR) is 114 cm³/mol. The van der Waals surface area contributed by atoms with Crippen molar-refractivity contribution in [1.82, 2.24) is 0 Å². The lowest BCUT2D eigenvalue weighted by molar-refractivity contribution is -0.143. The third kappa shape index (κ3) is 5.52. The molecule has 0 radical (unpaired) electrons. The summed E-state index contributed by atoms with van der Waals surface area (Å²) in [4.78, 5) is 25.1. The summed E-state index contributed by atoms with van der Waals surface area (Å²) in [5, 5.41) is 9.78. The van der Waals surface area contributed by atoms with Gasteiger partial charge < -0.3 is 29.4 Å². The quantitative estimate of drug-likeness (QED) is 0.571. The van der Waals surface area contributed by atoms with Crippen LogP contribution in [0.25, 0.3) is 0 Å². The Labute approximate surface area is 187 Å². The van der Waals surface area contributed by atoms with Gasteiger partial charge in [0.25, 0.3) is 0 Å². The van der Waals surface area contributed by atoms with E-state index < -0.39 is 17.9 Å². The van der Waals surface area contributed by atoms with Crippen molar-refractivity contribution in [3.63, 3.8) is 0 Å². The highest BCUT2D eigenvalue weighted by Crippen LogP contribution is 2.43. The van der Waals surface area contributed by atoms with Crippen LogP contribution in [0.2, 0.25) is 0 Å². The lowest BCUT2D eigenvalue weighted by Crippen LogP contribution is -2.27. The number of nitriles is 1. The molecule has 0 bridgehead atoms. The van der Waals surface area contributed by atoms with Crippen LogP contribution in [-0.2, 0) is 23.8 Å². The molecule has 1 unspecified atom stereocenters. The Morgan fingerprint density at radius 2 is 1.88 bits per heavy atom. The number of methoxy groups -OCH3 is 1. The average molecular weight is 444 g/mol. The number of allylic oxidation sites excluding steroid dienone is 1. The number of ether oxygens (including phenoxy) is 5. The van der Waals surface area contributed by atoms with Gasteiger partial charge >= 0.3 is 11.9 Å². The Morgan fingerprint density at radius 3 is 2.44 bits per heavy atom. The van der Waals surface area contributed by atoms with Crippen LogP contribution in [-0.4, -0.2) is 38.4 Å². The van der Waals surface area contributed by atoms with Gasteiger partial charge in [-0.3, -0.25) is 4.79 Å². The first kappa shape index (κ1) is 24.6. The number of hydrogen-bond acceptors (Lipinski definition) is 9. The number of hydrogen-bond donors (Lipinski definition) is 1. The van der Waals surface area contributed by atoms with Crippen LogP contribution < -0.4 is 15.2 Å². The molecule has 1 heterocycles. The van der Waals surface area contributed by atoms with E-state index in [9.17, 15) is 14.9 Å². The summed E-state index contributed by atoms with van der Waals surface area (Å²) in [6, 6.07) is 7.04. The van der Waals surface area contributed by atoms with Crippen LogP contribution in [0.3, 0.4) is 0 Å². The molecule has 2 rings (SSSR count). The molecule has 0 saturated carbocycles. The van der Waals surface area contributed by atoms with Gasteiger partial charge in [0.2, 0.25) is 5.88 Å². The van der Waals surface area contributed by atoms with E-state index in [1.54, 1.807) is 32.0 Å². The highest BCUT2D eigenvalue weighted by molar-refractivity contribution is 5.93. The van der Waals surface area contributed by atoms with Crippen LogP contribution in [0.15, 0.2) is 41.0 Å². The second-order valence-electron chi connectivity index (χ2n) is 7.04. The number of benzene rings is 1. The molecule has 1 aliphatic heterocycles. The summed E-state index contributed by atoms with van der Waals surface area (Å²) in [6.07, 6.45) is -0.432. The Balaban J connectivity index is 2.68. The number of carbonyl (C=O) groups is 2. The summed E-state index contributed by atoms with van der Waals surface area (Å²) in [6.45, 7) is 7.33. The Kier molecular flexibility index (Phi) is 8.53. The molecule has 1 aromatic rings. The number of esters is 2. The minimum atomic E-state index is -0.931. The van der Waals surface area contributed by atoms with Crippen LogP contribution in [0, 0.1) is 11.3 Å².